The van der Waals surface area contributed by atoms with E-state index in [0.717, 1.165) is 49.9 Å². The van der Waals surface area contributed by atoms with Gasteiger partial charge in [0.25, 0.3) is 0 Å². The van der Waals surface area contributed by atoms with Crippen LogP contribution in [0.5, 0.6) is 5.75 Å². The zero-order valence-electron chi connectivity index (χ0n) is 31.4. The fourth-order valence-electron chi connectivity index (χ4n) is 7.20. The molecule has 8 nitrogen and oxygen atoms in total. The third kappa shape index (κ3) is 9.75. The van der Waals surface area contributed by atoms with Crippen molar-refractivity contribution >= 4 is 41.0 Å². The molecular weight excluding hydrogens is 681 g/mol. The average molecular weight is 737 g/mol. The van der Waals surface area contributed by atoms with Crippen LogP contribution in [-0.4, -0.2) is 75.3 Å². The predicted molar refractivity (Wildman–Crippen MR) is 208 cm³/mol. The highest BCUT2D eigenvalue weighted by atomic mass is 35.5. The number of rotatable bonds is 9. The third-order valence-corrected chi connectivity index (χ3v) is 11.0. The van der Waals surface area contributed by atoms with E-state index in [1.165, 1.54) is 0 Å². The number of amides is 3. The molecule has 0 bridgehead atoms. The van der Waals surface area contributed by atoms with E-state index >= 15 is 0 Å². The van der Waals surface area contributed by atoms with Gasteiger partial charge in [0.2, 0.25) is 5.91 Å². The SMILES string of the molecule is CCOc1cc(C(C)(C)C)ncc1C(=NC(C)(C)C1C=CC(Cl)=CC1)N(Cc1ccc(Cl)cc1)C(=O)N1CCC(CC(=O)N2CCCC2C)CC1. The molecule has 0 saturated carbocycles. The molecule has 51 heavy (non-hydrogen) atoms. The summed E-state index contributed by atoms with van der Waals surface area (Å²) in [5.41, 5.74) is 1.64. The minimum atomic E-state index is -0.620. The molecule has 10 heteroatoms. The number of piperidine rings is 1. The molecule has 2 atom stereocenters. The number of hydrogen-bond acceptors (Lipinski definition) is 5. The lowest BCUT2D eigenvalue weighted by Crippen LogP contribution is -2.50. The molecule has 2 aliphatic heterocycles. The second-order valence-corrected chi connectivity index (χ2v) is 16.7. The van der Waals surface area contributed by atoms with Crippen molar-refractivity contribution in [2.75, 3.05) is 26.2 Å². The lowest BCUT2D eigenvalue weighted by molar-refractivity contribution is -0.133. The number of aromatic nitrogens is 1. The highest BCUT2D eigenvalue weighted by Gasteiger charge is 2.36. The fraction of sp³-hybridized carbons (Fsp3) is 0.561. The number of ether oxygens (including phenoxy) is 1. The number of halogens is 2. The van der Waals surface area contributed by atoms with E-state index in [-0.39, 0.29) is 35.7 Å². The Morgan fingerprint density at radius 1 is 1.04 bits per heavy atom. The van der Waals surface area contributed by atoms with Gasteiger partial charge in [-0.3, -0.25) is 19.7 Å². The molecule has 5 rings (SSSR count). The first kappa shape index (κ1) is 38.9. The van der Waals surface area contributed by atoms with Crippen LogP contribution in [0.25, 0.3) is 0 Å². The summed E-state index contributed by atoms with van der Waals surface area (Å²) in [6.45, 7) is 17.4. The normalized spacial score (nSPS) is 20.4. The highest BCUT2D eigenvalue weighted by Crippen LogP contribution is 2.35. The van der Waals surface area contributed by atoms with Gasteiger partial charge in [0.1, 0.15) is 11.6 Å². The van der Waals surface area contributed by atoms with Gasteiger partial charge in [0, 0.05) is 71.4 Å². The molecule has 1 aromatic heterocycles. The van der Waals surface area contributed by atoms with Crippen molar-refractivity contribution in [3.05, 3.63) is 81.6 Å². The van der Waals surface area contributed by atoms with Gasteiger partial charge in [0.15, 0.2) is 0 Å². The molecule has 0 spiro atoms. The van der Waals surface area contributed by atoms with Gasteiger partial charge in [-0.2, -0.15) is 0 Å². The molecule has 3 heterocycles. The summed E-state index contributed by atoms with van der Waals surface area (Å²) in [7, 11) is 0. The van der Waals surface area contributed by atoms with E-state index in [2.05, 4.69) is 47.6 Å². The van der Waals surface area contributed by atoms with Crippen molar-refractivity contribution < 1.29 is 14.3 Å². The Hall–Kier alpha value is -3.36. The van der Waals surface area contributed by atoms with Crippen molar-refractivity contribution in [3.8, 4) is 5.75 Å². The molecule has 1 aromatic carbocycles. The number of pyridine rings is 1. The van der Waals surface area contributed by atoms with Crippen LogP contribution in [0.2, 0.25) is 5.02 Å². The molecule has 2 unspecified atom stereocenters. The van der Waals surface area contributed by atoms with Crippen molar-refractivity contribution in [1.82, 2.24) is 19.7 Å². The van der Waals surface area contributed by atoms with Gasteiger partial charge in [-0.1, -0.05) is 68.3 Å². The van der Waals surface area contributed by atoms with Crippen LogP contribution in [-0.2, 0) is 16.8 Å². The molecule has 3 aliphatic rings. The van der Waals surface area contributed by atoms with Crippen molar-refractivity contribution in [3.63, 3.8) is 0 Å². The van der Waals surface area contributed by atoms with Gasteiger partial charge in [-0.25, -0.2) is 4.79 Å². The second kappa shape index (κ2) is 16.5. The maximum atomic E-state index is 14.9. The Morgan fingerprint density at radius 3 is 2.33 bits per heavy atom. The number of likely N-dealkylation sites (tertiary alicyclic amines) is 2. The lowest BCUT2D eigenvalue weighted by Gasteiger charge is -2.38. The lowest BCUT2D eigenvalue weighted by atomic mass is 9.83. The molecule has 2 saturated heterocycles. The number of urea groups is 1. The molecule has 2 aromatic rings. The van der Waals surface area contributed by atoms with Crippen molar-refractivity contribution in [2.24, 2.45) is 16.8 Å². The van der Waals surface area contributed by atoms with Crippen LogP contribution in [0.4, 0.5) is 4.79 Å². The zero-order valence-corrected chi connectivity index (χ0v) is 32.9. The monoisotopic (exact) mass is 735 g/mol. The summed E-state index contributed by atoms with van der Waals surface area (Å²) >= 11 is 12.6. The standard InChI is InChI=1S/C41H55Cl2N5O3/c1-8-51-35-25-36(40(3,4)5)44-26-34(35)38(45-41(6,7)31-13-17-33(43)18-14-31)48(27-30-11-15-32(42)16-12-30)39(50)46-22-19-29(20-23-46)24-37(49)47-21-9-10-28(47)2/h11-13,15-18,25-26,28-29,31H,8-10,14,19-24,27H2,1-7H3. The van der Waals surface area contributed by atoms with E-state index < -0.39 is 5.54 Å². The predicted octanol–water partition coefficient (Wildman–Crippen LogP) is 9.39. The zero-order chi connectivity index (χ0) is 36.9. The number of benzene rings is 1. The number of carbonyl (C=O) groups excluding carboxylic acids is 2. The van der Waals surface area contributed by atoms with Gasteiger partial charge in [-0.15, -0.1) is 0 Å². The van der Waals surface area contributed by atoms with Crippen LogP contribution in [0, 0.1) is 11.8 Å². The summed E-state index contributed by atoms with van der Waals surface area (Å²) in [6.07, 6.45) is 12.8. The topological polar surface area (TPSA) is 78.3 Å². The number of hydrogen-bond donors (Lipinski definition) is 0. The van der Waals surface area contributed by atoms with Gasteiger partial charge < -0.3 is 14.5 Å². The van der Waals surface area contributed by atoms with Crippen LogP contribution < -0.4 is 4.74 Å². The summed E-state index contributed by atoms with van der Waals surface area (Å²) in [5.74, 6) is 1.68. The van der Waals surface area contributed by atoms with Gasteiger partial charge in [-0.05, 0) is 89.5 Å². The molecule has 1 aliphatic carbocycles. The highest BCUT2D eigenvalue weighted by molar-refractivity contribution is 6.31. The first-order chi connectivity index (χ1) is 24.2. The minimum Gasteiger partial charge on any atom is -0.493 e. The van der Waals surface area contributed by atoms with Crippen molar-refractivity contribution in [2.45, 2.75) is 111 Å². The summed E-state index contributed by atoms with van der Waals surface area (Å²) in [6, 6.07) is 9.75. The van der Waals surface area contributed by atoms with E-state index in [1.807, 2.05) is 65.4 Å². The molecule has 0 N–H and O–H groups in total. The third-order valence-electron chi connectivity index (χ3n) is 10.5. The van der Waals surface area contributed by atoms with E-state index in [4.69, 9.17) is 37.9 Å². The Balaban J connectivity index is 1.53. The molecule has 276 valence electrons. The largest absolute Gasteiger partial charge is 0.493 e. The Labute approximate surface area is 314 Å². The first-order valence-electron chi connectivity index (χ1n) is 18.5. The van der Waals surface area contributed by atoms with Gasteiger partial charge >= 0.3 is 6.03 Å². The average Bonchev–Trinajstić information content (AvgIpc) is 3.53. The first-order valence-corrected chi connectivity index (χ1v) is 19.3. The maximum Gasteiger partial charge on any atom is 0.325 e. The Bertz CT molecular complexity index is 1640. The summed E-state index contributed by atoms with van der Waals surface area (Å²) in [5, 5.41) is 1.34. The molecule has 2 fully saturated rings. The number of carbonyl (C=O) groups is 2. The number of aliphatic imine (C=N–C) groups is 1. The summed E-state index contributed by atoms with van der Waals surface area (Å²) < 4.78 is 6.30. The molecule has 3 amide bonds. The molecular formula is C41H55Cl2N5O3. The van der Waals surface area contributed by atoms with Gasteiger partial charge in [0.05, 0.1) is 24.3 Å². The smallest absolute Gasteiger partial charge is 0.325 e. The quantitative estimate of drug-likeness (QED) is 0.190. The van der Waals surface area contributed by atoms with Crippen molar-refractivity contribution in [1.29, 1.82) is 0 Å². The number of allylic oxidation sites excluding steroid dienone is 3. The van der Waals surface area contributed by atoms with Crippen LogP contribution >= 0.6 is 23.2 Å². The second-order valence-electron chi connectivity index (χ2n) is 15.8. The Morgan fingerprint density at radius 2 is 1.75 bits per heavy atom. The molecule has 0 radical (unpaired) electrons. The van der Waals surface area contributed by atoms with E-state index in [1.54, 1.807) is 4.90 Å². The van der Waals surface area contributed by atoms with Crippen LogP contribution in [0.3, 0.4) is 0 Å². The maximum absolute atomic E-state index is 14.9. The van der Waals surface area contributed by atoms with E-state index in [0.29, 0.717) is 59.4 Å². The van der Waals surface area contributed by atoms with Crippen LogP contribution in [0.1, 0.15) is 104 Å². The summed E-state index contributed by atoms with van der Waals surface area (Å²) in [4.78, 5) is 44.2. The fourth-order valence-corrected chi connectivity index (χ4v) is 7.49. The van der Waals surface area contributed by atoms with Crippen LogP contribution in [0.15, 0.2) is 64.8 Å². The number of nitrogens with zero attached hydrogens (tertiary/aromatic N) is 5. The van der Waals surface area contributed by atoms with E-state index in [9.17, 15) is 9.59 Å². The minimum absolute atomic E-state index is 0.0476. The number of amidine groups is 1. The Kier molecular flexibility index (Phi) is 12.6.